The van der Waals surface area contributed by atoms with Crippen LogP contribution in [0.1, 0.15) is 18.0 Å². The lowest BCUT2D eigenvalue weighted by Gasteiger charge is -2.35. The Kier molecular flexibility index (Phi) is 8.32. The van der Waals surface area contributed by atoms with Crippen molar-refractivity contribution >= 4 is 24.8 Å². The number of aromatic hydroxyl groups is 2. The SMILES string of the molecule is Cl.Cl.Oc1ccc([C@@H](CC(F)(F)F)N2CCNCC2)c(O)c1. The number of nitrogens with one attached hydrogen (secondary N) is 1. The lowest BCUT2D eigenvalue weighted by molar-refractivity contribution is -0.148. The van der Waals surface area contributed by atoms with Gasteiger partial charge in [0.1, 0.15) is 11.5 Å². The first kappa shape index (κ1) is 21.1. The minimum Gasteiger partial charge on any atom is -0.508 e. The number of halogens is 5. The Morgan fingerprint density at radius 3 is 2.23 bits per heavy atom. The van der Waals surface area contributed by atoms with Gasteiger partial charge in [-0.2, -0.15) is 13.2 Å². The molecule has 0 aromatic heterocycles. The van der Waals surface area contributed by atoms with Gasteiger partial charge in [-0.25, -0.2) is 0 Å². The highest BCUT2D eigenvalue weighted by Gasteiger charge is 2.37. The summed E-state index contributed by atoms with van der Waals surface area (Å²) in [6, 6.07) is 2.78. The second kappa shape index (κ2) is 8.67. The van der Waals surface area contributed by atoms with Crippen LogP contribution in [0, 0.1) is 0 Å². The van der Waals surface area contributed by atoms with Gasteiger partial charge in [0.15, 0.2) is 0 Å². The van der Waals surface area contributed by atoms with Gasteiger partial charge in [-0.1, -0.05) is 6.07 Å². The van der Waals surface area contributed by atoms with Gasteiger partial charge in [0, 0.05) is 43.9 Å². The maximum atomic E-state index is 12.8. The summed E-state index contributed by atoms with van der Waals surface area (Å²) < 4.78 is 38.4. The molecule has 1 aromatic rings. The van der Waals surface area contributed by atoms with Crippen LogP contribution in [0.3, 0.4) is 0 Å². The topological polar surface area (TPSA) is 55.7 Å². The van der Waals surface area contributed by atoms with E-state index in [0.29, 0.717) is 26.2 Å². The van der Waals surface area contributed by atoms with Crippen LogP contribution in [0.4, 0.5) is 13.2 Å². The predicted octanol–water partition coefficient (Wildman–Crippen LogP) is 2.84. The molecule has 3 N–H and O–H groups in total. The van der Waals surface area contributed by atoms with Gasteiger partial charge in [0.25, 0.3) is 0 Å². The molecule has 1 aliphatic heterocycles. The number of alkyl halides is 3. The fraction of sp³-hybridized carbons (Fsp3) is 0.538. The Balaban J connectivity index is 0.00000220. The molecule has 1 fully saturated rings. The number of piperazine rings is 1. The maximum absolute atomic E-state index is 12.8. The van der Waals surface area contributed by atoms with E-state index < -0.39 is 18.6 Å². The predicted molar refractivity (Wildman–Crippen MR) is 82.1 cm³/mol. The van der Waals surface area contributed by atoms with Gasteiger partial charge in [-0.15, -0.1) is 24.8 Å². The molecule has 2 rings (SSSR count). The summed E-state index contributed by atoms with van der Waals surface area (Å²) in [6.45, 7) is 2.21. The summed E-state index contributed by atoms with van der Waals surface area (Å²) in [4.78, 5) is 1.70. The van der Waals surface area contributed by atoms with Crippen molar-refractivity contribution in [2.45, 2.75) is 18.6 Å². The van der Waals surface area contributed by atoms with Crippen LogP contribution >= 0.6 is 24.8 Å². The number of hydrogen-bond acceptors (Lipinski definition) is 4. The molecule has 0 saturated carbocycles. The maximum Gasteiger partial charge on any atom is 0.390 e. The van der Waals surface area contributed by atoms with E-state index >= 15 is 0 Å². The zero-order valence-corrected chi connectivity index (χ0v) is 13.3. The van der Waals surface area contributed by atoms with Crippen LogP contribution in [-0.4, -0.2) is 47.5 Å². The van der Waals surface area contributed by atoms with Gasteiger partial charge in [-0.05, 0) is 6.07 Å². The molecule has 0 spiro atoms. The molecule has 9 heteroatoms. The molecule has 0 unspecified atom stereocenters. The normalized spacial score (nSPS) is 17.2. The Morgan fingerprint density at radius 1 is 1.14 bits per heavy atom. The number of benzene rings is 1. The van der Waals surface area contributed by atoms with E-state index in [9.17, 15) is 23.4 Å². The second-order valence-electron chi connectivity index (χ2n) is 4.86. The van der Waals surface area contributed by atoms with Gasteiger partial charge < -0.3 is 15.5 Å². The molecular weight excluding hydrogens is 344 g/mol. The van der Waals surface area contributed by atoms with Crippen molar-refractivity contribution in [3.8, 4) is 11.5 Å². The largest absolute Gasteiger partial charge is 0.508 e. The Bertz CT molecular complexity index is 469. The highest BCUT2D eigenvalue weighted by Crippen LogP contribution is 2.38. The first-order chi connectivity index (χ1) is 9.37. The van der Waals surface area contributed by atoms with Crippen molar-refractivity contribution in [1.82, 2.24) is 10.2 Å². The van der Waals surface area contributed by atoms with Crippen molar-refractivity contribution in [2.75, 3.05) is 26.2 Å². The third-order valence-electron chi connectivity index (χ3n) is 3.39. The van der Waals surface area contributed by atoms with E-state index in [1.165, 1.54) is 12.1 Å². The van der Waals surface area contributed by atoms with E-state index in [2.05, 4.69) is 5.32 Å². The number of rotatable bonds is 3. The molecule has 1 aliphatic rings. The lowest BCUT2D eigenvalue weighted by atomic mass is 9.99. The Morgan fingerprint density at radius 2 is 1.73 bits per heavy atom. The quantitative estimate of drug-likeness (QED) is 0.773. The van der Waals surface area contributed by atoms with Crippen molar-refractivity contribution in [2.24, 2.45) is 0 Å². The van der Waals surface area contributed by atoms with Crippen molar-refractivity contribution in [1.29, 1.82) is 0 Å². The van der Waals surface area contributed by atoms with Crippen LogP contribution < -0.4 is 5.32 Å². The highest BCUT2D eigenvalue weighted by molar-refractivity contribution is 5.85. The summed E-state index contributed by atoms with van der Waals surface area (Å²) in [5.74, 6) is -0.477. The summed E-state index contributed by atoms with van der Waals surface area (Å²) in [5, 5.41) is 22.2. The Hall–Kier alpha value is -0.890. The molecule has 1 aromatic carbocycles. The van der Waals surface area contributed by atoms with Gasteiger partial charge in [0.2, 0.25) is 0 Å². The average molecular weight is 363 g/mol. The zero-order chi connectivity index (χ0) is 14.8. The molecule has 4 nitrogen and oxygen atoms in total. The first-order valence-electron chi connectivity index (χ1n) is 6.40. The third-order valence-corrected chi connectivity index (χ3v) is 3.39. The van der Waals surface area contributed by atoms with E-state index in [0.717, 1.165) is 6.07 Å². The highest BCUT2D eigenvalue weighted by atomic mass is 35.5. The molecule has 1 atom stereocenters. The van der Waals surface area contributed by atoms with Crippen molar-refractivity contribution < 1.29 is 23.4 Å². The fourth-order valence-corrected chi connectivity index (χ4v) is 2.46. The number of phenolic OH excluding ortho intramolecular Hbond substituents is 2. The van der Waals surface area contributed by atoms with E-state index in [1.54, 1.807) is 4.90 Å². The number of hydrogen-bond donors (Lipinski definition) is 3. The third kappa shape index (κ3) is 5.72. The van der Waals surface area contributed by atoms with Gasteiger partial charge in [-0.3, -0.25) is 4.90 Å². The zero-order valence-electron chi connectivity index (χ0n) is 11.6. The second-order valence-corrected chi connectivity index (χ2v) is 4.86. The average Bonchev–Trinajstić information content (AvgIpc) is 2.36. The van der Waals surface area contributed by atoms with Crippen LogP contribution in [0.15, 0.2) is 18.2 Å². The minimum atomic E-state index is -4.32. The summed E-state index contributed by atoms with van der Waals surface area (Å²) in [6.07, 6.45) is -5.34. The molecule has 22 heavy (non-hydrogen) atoms. The molecule has 0 aliphatic carbocycles. The summed E-state index contributed by atoms with van der Waals surface area (Å²) >= 11 is 0. The van der Waals surface area contributed by atoms with Crippen LogP contribution in [0.2, 0.25) is 0 Å². The van der Waals surface area contributed by atoms with Crippen LogP contribution in [0.5, 0.6) is 11.5 Å². The monoisotopic (exact) mass is 362 g/mol. The number of nitrogens with zero attached hydrogens (tertiary/aromatic N) is 1. The first-order valence-corrected chi connectivity index (χ1v) is 6.40. The molecule has 1 saturated heterocycles. The molecule has 0 bridgehead atoms. The molecule has 0 radical (unpaired) electrons. The van der Waals surface area contributed by atoms with E-state index in [4.69, 9.17) is 0 Å². The minimum absolute atomic E-state index is 0. The summed E-state index contributed by atoms with van der Waals surface area (Å²) in [7, 11) is 0. The van der Waals surface area contributed by atoms with Crippen LogP contribution in [0.25, 0.3) is 0 Å². The fourth-order valence-electron chi connectivity index (χ4n) is 2.46. The molecule has 1 heterocycles. The number of phenols is 2. The molecule has 128 valence electrons. The van der Waals surface area contributed by atoms with Crippen LogP contribution in [-0.2, 0) is 0 Å². The smallest absolute Gasteiger partial charge is 0.390 e. The van der Waals surface area contributed by atoms with Crippen molar-refractivity contribution in [3.63, 3.8) is 0 Å². The van der Waals surface area contributed by atoms with E-state index in [-0.39, 0.29) is 41.9 Å². The summed E-state index contributed by atoms with van der Waals surface area (Å²) in [5.41, 5.74) is 0.196. The van der Waals surface area contributed by atoms with Gasteiger partial charge in [0.05, 0.1) is 6.42 Å². The van der Waals surface area contributed by atoms with E-state index in [1.807, 2.05) is 0 Å². The standard InChI is InChI=1S/C13H17F3N2O2.2ClH/c14-13(15,16)8-11(18-5-3-17-4-6-18)10-2-1-9(19)7-12(10)20;;/h1-2,7,11,17,19-20H,3-6,8H2;2*1H/t11-;;/m1../s1. The lowest BCUT2D eigenvalue weighted by Crippen LogP contribution is -2.46. The van der Waals surface area contributed by atoms with Gasteiger partial charge >= 0.3 is 6.18 Å². The Labute approximate surface area is 139 Å². The molecular formula is C13H19Cl2F3N2O2. The molecule has 0 amide bonds. The van der Waals surface area contributed by atoms with Crippen molar-refractivity contribution in [3.05, 3.63) is 23.8 Å².